The molecule has 4 nitrogen and oxygen atoms in total. The molecule has 304 valence electrons. The lowest BCUT2D eigenvalue weighted by atomic mass is 10.0. The Hall–Kier alpha value is -7.65. The van der Waals surface area contributed by atoms with Crippen LogP contribution in [0.5, 0.6) is 23.0 Å². The molecule has 3 heterocycles. The van der Waals surface area contributed by atoms with Crippen molar-refractivity contribution in [1.82, 2.24) is 9.97 Å². The van der Waals surface area contributed by atoms with E-state index in [-0.39, 0.29) is 5.54 Å². The molecular formula is C58H42N2O2Si2. The summed E-state index contributed by atoms with van der Waals surface area (Å²) in [5.41, 5.74) is 4.63. The zero-order chi connectivity index (χ0) is 42.5. The van der Waals surface area contributed by atoms with Crippen LogP contribution in [0.2, 0.25) is 5.54 Å². The zero-order valence-corrected chi connectivity index (χ0v) is 37.0. The standard InChI is InChI=1S/C58H42N2O2Si2/c1-6-22-41(23-7-1)58-59-48(46-32-20-38-54-56(46)61-50-34-16-18-36-52(50)63(54,42-24-8-2-9-25-42)43-26-10-3-11-27-43)40-49(60-58)47-33-21-39-55-57(47)62-51-35-17-19-37-53(51)64(55,44-28-12-4-13-29-44)45-30-14-5-15-31-45/h1-30,32-40,45H,31H2. The molecule has 2 atom stereocenters. The maximum Gasteiger partial charge on any atom is 0.188 e. The minimum absolute atomic E-state index is 0.273. The summed E-state index contributed by atoms with van der Waals surface area (Å²) < 4.78 is 14.4. The van der Waals surface area contributed by atoms with E-state index in [1.54, 1.807) is 0 Å². The number of hydrogen-bond donors (Lipinski definition) is 0. The summed E-state index contributed by atoms with van der Waals surface area (Å²) in [7, 11) is -5.68. The summed E-state index contributed by atoms with van der Waals surface area (Å²) in [5, 5.41) is 8.92. The molecule has 0 fully saturated rings. The average molecular weight is 855 g/mol. The monoisotopic (exact) mass is 854 g/mol. The van der Waals surface area contributed by atoms with Gasteiger partial charge in [0.2, 0.25) is 0 Å². The second-order valence-electron chi connectivity index (χ2n) is 16.7. The van der Waals surface area contributed by atoms with Gasteiger partial charge in [-0.15, -0.1) is 0 Å². The lowest BCUT2D eigenvalue weighted by molar-refractivity contribution is 0.488. The van der Waals surface area contributed by atoms with Gasteiger partial charge in [-0.05, 0) is 78.6 Å². The van der Waals surface area contributed by atoms with Crippen molar-refractivity contribution in [2.75, 3.05) is 0 Å². The van der Waals surface area contributed by atoms with Gasteiger partial charge in [-0.1, -0.05) is 206 Å². The molecule has 12 rings (SSSR count). The fourth-order valence-corrected chi connectivity index (χ4v) is 21.2. The molecule has 9 aromatic rings. The van der Waals surface area contributed by atoms with E-state index in [9.17, 15) is 0 Å². The second kappa shape index (κ2) is 15.6. The van der Waals surface area contributed by atoms with Gasteiger partial charge in [-0.3, -0.25) is 0 Å². The van der Waals surface area contributed by atoms with Crippen LogP contribution >= 0.6 is 0 Å². The molecule has 0 saturated heterocycles. The molecule has 64 heavy (non-hydrogen) atoms. The number of fused-ring (bicyclic) bond motifs is 4. The van der Waals surface area contributed by atoms with Crippen molar-refractivity contribution >= 4 is 52.5 Å². The largest absolute Gasteiger partial charge is 0.457 e. The van der Waals surface area contributed by atoms with Crippen molar-refractivity contribution in [3.8, 4) is 56.9 Å². The first kappa shape index (κ1) is 38.1. The Morgan fingerprint density at radius 1 is 0.422 bits per heavy atom. The highest BCUT2D eigenvalue weighted by Gasteiger charge is 2.52. The molecule has 0 saturated carbocycles. The maximum atomic E-state index is 7.19. The molecule has 2 aliphatic heterocycles. The average Bonchev–Trinajstić information content (AvgIpc) is 3.38. The molecule has 0 spiro atoms. The van der Waals surface area contributed by atoms with Crippen LogP contribution in [-0.2, 0) is 0 Å². The van der Waals surface area contributed by atoms with Gasteiger partial charge in [0.05, 0.1) is 11.4 Å². The predicted molar refractivity (Wildman–Crippen MR) is 266 cm³/mol. The van der Waals surface area contributed by atoms with E-state index in [0.717, 1.165) is 57.5 Å². The zero-order valence-electron chi connectivity index (χ0n) is 35.0. The lowest BCUT2D eigenvalue weighted by Crippen LogP contribution is -2.76. The first-order valence-corrected chi connectivity index (χ1v) is 26.1. The summed E-state index contributed by atoms with van der Waals surface area (Å²) >= 11 is 0. The second-order valence-corrected chi connectivity index (χ2v) is 24.4. The van der Waals surface area contributed by atoms with E-state index < -0.39 is 16.1 Å². The molecular weight excluding hydrogens is 813 g/mol. The van der Waals surface area contributed by atoms with Crippen molar-refractivity contribution in [3.63, 3.8) is 0 Å². The third-order valence-corrected chi connectivity index (χ3v) is 23.5. The first-order chi connectivity index (χ1) is 31.7. The summed E-state index contributed by atoms with van der Waals surface area (Å²) in [6.45, 7) is 0. The highest BCUT2D eigenvalue weighted by atomic mass is 28.3. The first-order valence-electron chi connectivity index (χ1n) is 22.0. The van der Waals surface area contributed by atoms with E-state index in [4.69, 9.17) is 19.4 Å². The van der Waals surface area contributed by atoms with Gasteiger partial charge >= 0.3 is 0 Å². The number of aromatic nitrogens is 2. The van der Waals surface area contributed by atoms with Crippen molar-refractivity contribution in [1.29, 1.82) is 0 Å². The van der Waals surface area contributed by atoms with Gasteiger partial charge in [0.25, 0.3) is 0 Å². The van der Waals surface area contributed by atoms with Crippen LogP contribution in [0.3, 0.4) is 0 Å². The SMILES string of the molecule is C1=CCC([Si]2(c3ccccc3)c3ccccc3Oc3c(-c4cc(-c5cccc6c5Oc5ccccc5[Si]6(c5ccccc5)c5ccccc5)nc(-c5ccccc5)n4)cccc32)C=C1. The number of nitrogens with zero attached hydrogens (tertiary/aromatic N) is 2. The fourth-order valence-electron chi connectivity index (χ4n) is 10.7. The number of benzene rings is 8. The molecule has 1 aromatic heterocycles. The van der Waals surface area contributed by atoms with Crippen molar-refractivity contribution in [3.05, 3.63) is 237 Å². The number of hydrogen-bond acceptors (Lipinski definition) is 4. The van der Waals surface area contributed by atoms with Gasteiger partial charge < -0.3 is 9.47 Å². The van der Waals surface area contributed by atoms with Crippen LogP contribution in [-0.4, -0.2) is 26.1 Å². The molecule has 8 aromatic carbocycles. The smallest absolute Gasteiger partial charge is 0.188 e. The van der Waals surface area contributed by atoms with Gasteiger partial charge in [-0.2, -0.15) is 0 Å². The molecule has 0 radical (unpaired) electrons. The molecule has 6 heteroatoms. The number of para-hydroxylation sites is 4. The van der Waals surface area contributed by atoms with Crippen LogP contribution in [0.4, 0.5) is 0 Å². The Bertz CT molecular complexity index is 3230. The summed E-state index contributed by atoms with van der Waals surface area (Å²) in [4.78, 5) is 10.9. The number of rotatable bonds is 7. The Morgan fingerprint density at radius 2 is 0.906 bits per heavy atom. The van der Waals surface area contributed by atoms with Gasteiger partial charge in [-0.25, -0.2) is 9.97 Å². The van der Waals surface area contributed by atoms with Crippen molar-refractivity contribution in [2.24, 2.45) is 0 Å². The van der Waals surface area contributed by atoms with E-state index in [1.165, 1.54) is 36.3 Å². The third kappa shape index (κ3) is 5.87. The molecule has 0 amide bonds. The predicted octanol–water partition coefficient (Wildman–Crippen LogP) is 9.42. The van der Waals surface area contributed by atoms with E-state index in [1.807, 2.05) is 18.2 Å². The van der Waals surface area contributed by atoms with Crippen LogP contribution in [0, 0.1) is 0 Å². The lowest BCUT2D eigenvalue weighted by Gasteiger charge is -2.44. The maximum absolute atomic E-state index is 7.19. The van der Waals surface area contributed by atoms with Crippen LogP contribution < -0.4 is 45.8 Å². The van der Waals surface area contributed by atoms with E-state index in [0.29, 0.717) is 5.82 Å². The van der Waals surface area contributed by atoms with Crippen molar-refractivity contribution < 1.29 is 9.47 Å². The van der Waals surface area contributed by atoms with Crippen LogP contribution in [0.25, 0.3) is 33.9 Å². The molecule has 2 unspecified atom stereocenters. The van der Waals surface area contributed by atoms with Crippen LogP contribution in [0.1, 0.15) is 6.42 Å². The summed E-state index contributed by atoms with van der Waals surface area (Å²) in [5.74, 6) is 4.11. The normalized spacial score (nSPS) is 17.5. The summed E-state index contributed by atoms with van der Waals surface area (Å²) in [6.07, 6.45) is 10.1. The molecule has 3 aliphatic rings. The Morgan fingerprint density at radius 3 is 1.50 bits per heavy atom. The molecule has 0 bridgehead atoms. The summed E-state index contributed by atoms with van der Waals surface area (Å²) in [6, 6.07) is 76.3. The topological polar surface area (TPSA) is 44.2 Å². The minimum Gasteiger partial charge on any atom is -0.457 e. The molecule has 1 aliphatic carbocycles. The van der Waals surface area contributed by atoms with Gasteiger partial charge in [0, 0.05) is 16.7 Å². The minimum atomic E-state index is -2.91. The van der Waals surface area contributed by atoms with Gasteiger partial charge in [0.15, 0.2) is 22.0 Å². The van der Waals surface area contributed by atoms with E-state index >= 15 is 0 Å². The number of ether oxygens (including phenoxy) is 2. The van der Waals surface area contributed by atoms with Crippen LogP contribution in [0.15, 0.2) is 237 Å². The van der Waals surface area contributed by atoms with E-state index in [2.05, 4.69) is 218 Å². The van der Waals surface area contributed by atoms with Gasteiger partial charge in [0.1, 0.15) is 23.0 Å². The Balaban J connectivity index is 1.12. The molecule has 0 N–H and O–H groups in total. The highest BCUT2D eigenvalue weighted by Crippen LogP contribution is 2.44. The number of allylic oxidation sites excluding steroid dienone is 4. The third-order valence-electron chi connectivity index (χ3n) is 13.4. The Kier molecular flexibility index (Phi) is 9.28. The highest BCUT2D eigenvalue weighted by molar-refractivity contribution is 7.21. The quantitative estimate of drug-likeness (QED) is 0.150. The van der Waals surface area contributed by atoms with Crippen molar-refractivity contribution in [2.45, 2.75) is 12.0 Å². The Labute approximate surface area is 375 Å². The fraction of sp³-hybridized carbons (Fsp3) is 0.0345.